The van der Waals surface area contributed by atoms with Crippen LogP contribution in [0.25, 0.3) is 0 Å². The second-order valence-corrected chi connectivity index (χ2v) is 3.84. The number of ketones is 1. The van der Waals surface area contributed by atoms with Crippen molar-refractivity contribution in [2.75, 3.05) is 0 Å². The van der Waals surface area contributed by atoms with Crippen molar-refractivity contribution in [3.05, 3.63) is 29.8 Å². The zero-order valence-electron chi connectivity index (χ0n) is 6.88. The number of hydrogen-bond donors (Lipinski definition) is 1. The topological polar surface area (TPSA) is 88.5 Å². The molecule has 5 nitrogen and oxygen atoms in total. The summed E-state index contributed by atoms with van der Waals surface area (Å²) in [6.45, 7) is 0. The largest absolute Gasteiger partial charge is 0.295 e. The van der Waals surface area contributed by atoms with E-state index in [4.69, 9.17) is 4.55 Å². The molecule has 0 aliphatic heterocycles. The maximum Gasteiger partial charge on any atom is 0.295 e. The molecule has 14 heavy (non-hydrogen) atoms. The average Bonchev–Trinajstić information content (AvgIpc) is 2.15. The van der Waals surface area contributed by atoms with E-state index in [1.54, 1.807) is 0 Å². The molecule has 0 heterocycles. The first kappa shape index (κ1) is 10.6. The Labute approximate surface area is 80.1 Å². The van der Waals surface area contributed by atoms with Crippen molar-refractivity contribution in [1.82, 2.24) is 0 Å². The summed E-state index contributed by atoms with van der Waals surface area (Å²) < 4.78 is 30.2. The molecule has 0 saturated heterocycles. The SMILES string of the molecule is O=CC(=O)c1ccccc1S(=O)(=O)O. The van der Waals surface area contributed by atoms with Crippen molar-refractivity contribution < 1.29 is 22.6 Å². The fourth-order valence-corrected chi connectivity index (χ4v) is 1.66. The molecule has 0 atom stereocenters. The van der Waals surface area contributed by atoms with Crippen LogP contribution >= 0.6 is 0 Å². The third-order valence-electron chi connectivity index (χ3n) is 1.54. The normalized spacial score (nSPS) is 10.9. The van der Waals surface area contributed by atoms with E-state index in [0.717, 1.165) is 12.1 Å². The number of aldehydes is 1. The highest BCUT2D eigenvalue weighted by Gasteiger charge is 2.18. The van der Waals surface area contributed by atoms with Gasteiger partial charge in [0.2, 0.25) is 5.78 Å². The van der Waals surface area contributed by atoms with Gasteiger partial charge in [-0.1, -0.05) is 12.1 Å². The van der Waals surface area contributed by atoms with Crippen molar-refractivity contribution in [1.29, 1.82) is 0 Å². The van der Waals surface area contributed by atoms with E-state index in [-0.39, 0.29) is 11.8 Å². The number of rotatable bonds is 3. The van der Waals surface area contributed by atoms with E-state index in [1.807, 2.05) is 0 Å². The van der Waals surface area contributed by atoms with Crippen LogP contribution in [0.5, 0.6) is 0 Å². The number of Topliss-reactive ketones (excluding diaryl/α,β-unsaturated/α-hetero) is 1. The van der Waals surface area contributed by atoms with E-state index >= 15 is 0 Å². The summed E-state index contributed by atoms with van der Waals surface area (Å²) in [6, 6.07) is 4.93. The summed E-state index contributed by atoms with van der Waals surface area (Å²) in [5.74, 6) is -0.988. The predicted octanol–water partition coefficient (Wildman–Crippen LogP) is 0.315. The van der Waals surface area contributed by atoms with Gasteiger partial charge >= 0.3 is 0 Å². The van der Waals surface area contributed by atoms with Crippen LogP contribution in [0.15, 0.2) is 29.2 Å². The van der Waals surface area contributed by atoms with Crippen molar-refractivity contribution in [3.8, 4) is 0 Å². The van der Waals surface area contributed by atoms with Crippen LogP contribution in [0.4, 0.5) is 0 Å². The molecule has 6 heteroatoms. The zero-order valence-corrected chi connectivity index (χ0v) is 7.69. The van der Waals surface area contributed by atoms with Crippen LogP contribution < -0.4 is 0 Å². The maximum absolute atomic E-state index is 10.9. The molecule has 1 rings (SSSR count). The van der Waals surface area contributed by atoms with Crippen LogP contribution in [0.1, 0.15) is 10.4 Å². The molecule has 74 valence electrons. The molecule has 0 aromatic heterocycles. The van der Waals surface area contributed by atoms with Gasteiger partial charge in [0, 0.05) is 5.56 Å². The zero-order chi connectivity index (χ0) is 10.8. The first-order valence-electron chi connectivity index (χ1n) is 3.53. The quantitative estimate of drug-likeness (QED) is 0.338. The van der Waals surface area contributed by atoms with Crippen molar-refractivity contribution in [3.63, 3.8) is 0 Å². The van der Waals surface area contributed by atoms with Crippen molar-refractivity contribution in [2.24, 2.45) is 0 Å². The van der Waals surface area contributed by atoms with Gasteiger partial charge in [-0.2, -0.15) is 8.42 Å². The lowest BCUT2D eigenvalue weighted by molar-refractivity contribution is -0.104. The Morgan fingerprint density at radius 3 is 2.36 bits per heavy atom. The molecule has 0 spiro atoms. The van der Waals surface area contributed by atoms with Gasteiger partial charge in [-0.25, -0.2) is 0 Å². The van der Waals surface area contributed by atoms with Gasteiger partial charge in [0.25, 0.3) is 10.1 Å². The van der Waals surface area contributed by atoms with Crippen molar-refractivity contribution >= 4 is 22.2 Å². The molecule has 0 saturated carbocycles. The van der Waals surface area contributed by atoms with Gasteiger partial charge in [0.15, 0.2) is 6.29 Å². The highest BCUT2D eigenvalue weighted by atomic mass is 32.2. The molecule has 0 radical (unpaired) electrons. The monoisotopic (exact) mass is 214 g/mol. The van der Waals surface area contributed by atoms with Gasteiger partial charge in [-0.05, 0) is 12.1 Å². The van der Waals surface area contributed by atoms with Crippen LogP contribution in [0, 0.1) is 0 Å². The van der Waals surface area contributed by atoms with E-state index < -0.39 is 20.8 Å². The van der Waals surface area contributed by atoms with Crippen molar-refractivity contribution in [2.45, 2.75) is 4.90 Å². The van der Waals surface area contributed by atoms with E-state index in [1.165, 1.54) is 12.1 Å². The first-order chi connectivity index (χ1) is 6.46. The highest BCUT2D eigenvalue weighted by Crippen LogP contribution is 2.14. The molecular formula is C8H6O5S. The molecule has 1 N–H and O–H groups in total. The lowest BCUT2D eigenvalue weighted by Gasteiger charge is -2.01. The van der Waals surface area contributed by atoms with Gasteiger partial charge < -0.3 is 0 Å². The molecule has 0 unspecified atom stereocenters. The van der Waals surface area contributed by atoms with Crippen LogP contribution in [-0.2, 0) is 14.9 Å². The third kappa shape index (κ3) is 2.04. The molecule has 0 amide bonds. The summed E-state index contributed by atoms with van der Waals surface area (Å²) in [5, 5.41) is 0. The fourth-order valence-electron chi connectivity index (χ4n) is 0.959. The Bertz CT molecular complexity index is 474. The number of hydrogen-bond acceptors (Lipinski definition) is 4. The number of carbonyl (C=O) groups excluding carboxylic acids is 2. The average molecular weight is 214 g/mol. The Kier molecular flexibility index (Phi) is 2.78. The first-order valence-corrected chi connectivity index (χ1v) is 4.97. The van der Waals surface area contributed by atoms with Gasteiger partial charge in [0.1, 0.15) is 4.90 Å². The van der Waals surface area contributed by atoms with Crippen LogP contribution in [-0.4, -0.2) is 25.0 Å². The lowest BCUT2D eigenvalue weighted by atomic mass is 10.1. The van der Waals surface area contributed by atoms with Gasteiger partial charge in [0.05, 0.1) is 0 Å². The minimum Gasteiger partial charge on any atom is -0.294 e. The standard InChI is InChI=1S/C8H6O5S/c9-5-7(10)6-3-1-2-4-8(6)14(11,12)13/h1-5H,(H,11,12,13). The molecular weight excluding hydrogens is 208 g/mol. The molecule has 0 aliphatic rings. The summed E-state index contributed by atoms with van der Waals surface area (Å²) >= 11 is 0. The Morgan fingerprint density at radius 1 is 1.29 bits per heavy atom. The molecule has 0 fully saturated rings. The fraction of sp³-hybridized carbons (Fsp3) is 0. The summed E-state index contributed by atoms with van der Waals surface area (Å²) in [4.78, 5) is 20.5. The highest BCUT2D eigenvalue weighted by molar-refractivity contribution is 7.86. The summed E-state index contributed by atoms with van der Waals surface area (Å²) in [6.07, 6.45) is -0.00991. The lowest BCUT2D eigenvalue weighted by Crippen LogP contribution is -2.09. The van der Waals surface area contributed by atoms with E-state index in [0.29, 0.717) is 0 Å². The Balaban J connectivity index is 3.45. The Hall–Kier alpha value is -1.53. The van der Waals surface area contributed by atoms with Crippen LogP contribution in [0.3, 0.4) is 0 Å². The number of carbonyl (C=O) groups is 2. The predicted molar refractivity (Wildman–Crippen MR) is 46.7 cm³/mol. The van der Waals surface area contributed by atoms with E-state index in [9.17, 15) is 18.0 Å². The summed E-state index contributed by atoms with van der Waals surface area (Å²) in [5.41, 5.74) is -0.329. The minimum absolute atomic E-state index is 0.00991. The molecule has 1 aromatic carbocycles. The number of benzene rings is 1. The molecule has 0 bridgehead atoms. The van der Waals surface area contributed by atoms with Crippen LogP contribution in [0.2, 0.25) is 0 Å². The minimum atomic E-state index is -4.47. The van der Waals surface area contributed by atoms with Gasteiger partial charge in [-0.15, -0.1) is 0 Å². The second-order valence-electron chi connectivity index (χ2n) is 2.45. The smallest absolute Gasteiger partial charge is 0.294 e. The molecule has 1 aromatic rings. The second kappa shape index (κ2) is 3.69. The Morgan fingerprint density at radius 2 is 1.86 bits per heavy atom. The maximum atomic E-state index is 10.9. The van der Waals surface area contributed by atoms with E-state index in [2.05, 4.69) is 0 Å². The van der Waals surface area contributed by atoms with Gasteiger partial charge in [-0.3, -0.25) is 14.1 Å². The summed E-state index contributed by atoms with van der Waals surface area (Å²) in [7, 11) is -4.47. The molecule has 0 aliphatic carbocycles. The third-order valence-corrected chi connectivity index (χ3v) is 2.45.